The monoisotopic (exact) mass is 315 g/mol. The molecule has 0 saturated heterocycles. The fourth-order valence-corrected chi connectivity index (χ4v) is 3.20. The van der Waals surface area contributed by atoms with Crippen molar-refractivity contribution in [2.75, 3.05) is 0 Å². The molecule has 1 N–H and O–H groups in total. The number of thiazole rings is 1. The number of ketones is 2. The van der Waals surface area contributed by atoms with Crippen molar-refractivity contribution in [2.45, 2.75) is 25.6 Å². The second kappa shape index (κ2) is 6.02. The number of hydrogen-bond donors (Lipinski definition) is 1. The standard InChI is InChI=1S/C15H14BNO4S/c1-9(18)12-4-2-3-10-5-11(16(20)21-15(10)12)6-13(19)14-7-17-8-22-14/h2-4,7-8,11,20H,5-6H2,1H3/t11-/m1/s1. The molecule has 0 bridgehead atoms. The molecule has 5 nitrogen and oxygen atoms in total. The Bertz CT molecular complexity index is 716. The van der Waals surface area contributed by atoms with Gasteiger partial charge in [0, 0.05) is 18.4 Å². The highest BCUT2D eigenvalue weighted by molar-refractivity contribution is 7.11. The first kappa shape index (κ1) is 14.9. The average Bonchev–Trinajstić information content (AvgIpc) is 3.01. The highest BCUT2D eigenvalue weighted by Gasteiger charge is 2.37. The topological polar surface area (TPSA) is 76.5 Å². The summed E-state index contributed by atoms with van der Waals surface area (Å²) < 4.78 is 5.53. The van der Waals surface area contributed by atoms with Crippen molar-refractivity contribution in [3.8, 4) is 5.75 Å². The second-order valence-electron chi connectivity index (χ2n) is 5.32. The van der Waals surface area contributed by atoms with Gasteiger partial charge in [0.1, 0.15) is 5.75 Å². The predicted molar refractivity (Wildman–Crippen MR) is 83.6 cm³/mol. The molecule has 7 heteroatoms. The summed E-state index contributed by atoms with van der Waals surface area (Å²) >= 11 is 1.29. The molecular formula is C15H14BNO4S. The SMILES string of the molecule is CC(=O)c1cccc2c1OB(O)[C@@H](CC(=O)c1cncs1)C2. The van der Waals surface area contributed by atoms with E-state index in [2.05, 4.69) is 4.98 Å². The molecule has 112 valence electrons. The van der Waals surface area contributed by atoms with Crippen LogP contribution >= 0.6 is 11.3 Å². The molecule has 0 radical (unpaired) electrons. The first-order valence-corrected chi connectivity index (χ1v) is 7.83. The van der Waals surface area contributed by atoms with Crippen molar-refractivity contribution in [2.24, 2.45) is 0 Å². The summed E-state index contributed by atoms with van der Waals surface area (Å²) in [5.74, 6) is -0.0575. The lowest BCUT2D eigenvalue weighted by molar-refractivity contribution is 0.0974. The molecule has 2 aromatic rings. The normalized spacial score (nSPS) is 16.8. The van der Waals surface area contributed by atoms with Crippen molar-refractivity contribution in [3.63, 3.8) is 0 Å². The van der Waals surface area contributed by atoms with E-state index in [1.165, 1.54) is 24.5 Å². The Morgan fingerprint density at radius 1 is 1.50 bits per heavy atom. The maximum absolute atomic E-state index is 12.2. The number of hydrogen-bond acceptors (Lipinski definition) is 6. The van der Waals surface area contributed by atoms with Crippen LogP contribution in [-0.2, 0) is 6.42 Å². The highest BCUT2D eigenvalue weighted by atomic mass is 32.1. The molecule has 0 aliphatic carbocycles. The lowest BCUT2D eigenvalue weighted by Crippen LogP contribution is -2.35. The van der Waals surface area contributed by atoms with Gasteiger partial charge in [-0.25, -0.2) is 0 Å². The number of carbonyl (C=O) groups is 2. The summed E-state index contributed by atoms with van der Waals surface area (Å²) in [7, 11) is -1.09. The summed E-state index contributed by atoms with van der Waals surface area (Å²) in [6.07, 6.45) is 2.22. The maximum atomic E-state index is 12.2. The third kappa shape index (κ3) is 2.82. The van der Waals surface area contributed by atoms with Gasteiger partial charge < -0.3 is 9.68 Å². The largest absolute Gasteiger partial charge is 0.535 e. The van der Waals surface area contributed by atoms with E-state index < -0.39 is 7.12 Å². The Morgan fingerprint density at radius 2 is 2.32 bits per heavy atom. The van der Waals surface area contributed by atoms with Crippen LogP contribution in [-0.4, -0.2) is 28.7 Å². The van der Waals surface area contributed by atoms with Crippen LogP contribution in [0.1, 0.15) is 38.9 Å². The first-order valence-electron chi connectivity index (χ1n) is 6.95. The molecule has 0 amide bonds. The minimum absolute atomic E-state index is 0.0543. The smallest absolute Gasteiger partial charge is 0.526 e. The number of aromatic nitrogens is 1. The quantitative estimate of drug-likeness (QED) is 0.692. The Labute approximate surface area is 132 Å². The van der Waals surface area contributed by atoms with Gasteiger partial charge in [0.05, 0.1) is 16.0 Å². The molecule has 0 fully saturated rings. The zero-order valence-corrected chi connectivity index (χ0v) is 12.8. The van der Waals surface area contributed by atoms with Gasteiger partial charge in [0.2, 0.25) is 0 Å². The summed E-state index contributed by atoms with van der Waals surface area (Å²) in [5, 5.41) is 10.2. The lowest BCUT2D eigenvalue weighted by atomic mass is 9.64. The molecule has 0 spiro atoms. The predicted octanol–water partition coefficient (Wildman–Crippen LogP) is 2.40. The van der Waals surface area contributed by atoms with E-state index in [0.717, 1.165) is 5.56 Å². The van der Waals surface area contributed by atoms with Gasteiger partial charge in [-0.3, -0.25) is 14.6 Å². The average molecular weight is 315 g/mol. The summed E-state index contributed by atoms with van der Waals surface area (Å²) in [6, 6.07) is 5.33. The van der Waals surface area contributed by atoms with Gasteiger partial charge >= 0.3 is 7.12 Å². The molecule has 1 aliphatic rings. The maximum Gasteiger partial charge on any atom is 0.526 e. The molecule has 0 unspecified atom stereocenters. The van der Waals surface area contributed by atoms with Crippen molar-refractivity contribution in [1.82, 2.24) is 4.98 Å². The van der Waals surface area contributed by atoms with E-state index in [1.54, 1.807) is 17.6 Å². The number of Topliss-reactive ketones (excluding diaryl/α,β-unsaturated/α-hetero) is 2. The van der Waals surface area contributed by atoms with E-state index in [-0.39, 0.29) is 23.8 Å². The van der Waals surface area contributed by atoms with Crippen LogP contribution in [0, 0.1) is 0 Å². The minimum Gasteiger partial charge on any atom is -0.535 e. The van der Waals surface area contributed by atoms with Gasteiger partial charge in [0.25, 0.3) is 0 Å². The van der Waals surface area contributed by atoms with Crippen molar-refractivity contribution in [3.05, 3.63) is 45.9 Å². The molecule has 2 heterocycles. The molecule has 1 atom stereocenters. The van der Waals surface area contributed by atoms with Gasteiger partial charge in [-0.05, 0) is 25.0 Å². The van der Waals surface area contributed by atoms with Gasteiger partial charge in [-0.1, -0.05) is 12.1 Å². The van der Waals surface area contributed by atoms with E-state index in [1.807, 2.05) is 6.07 Å². The number of nitrogens with zero attached hydrogens (tertiary/aromatic N) is 1. The number of benzene rings is 1. The van der Waals surface area contributed by atoms with Gasteiger partial charge in [-0.2, -0.15) is 0 Å². The Hall–Kier alpha value is -1.99. The summed E-state index contributed by atoms with van der Waals surface area (Å²) in [4.78, 5) is 28.2. The summed E-state index contributed by atoms with van der Waals surface area (Å²) in [6.45, 7) is 1.46. The Balaban J connectivity index is 1.81. The van der Waals surface area contributed by atoms with E-state index in [4.69, 9.17) is 4.65 Å². The van der Waals surface area contributed by atoms with E-state index in [9.17, 15) is 14.6 Å². The number of para-hydroxylation sites is 1. The summed E-state index contributed by atoms with van der Waals surface area (Å²) in [5.41, 5.74) is 2.92. The van der Waals surface area contributed by atoms with Crippen LogP contribution < -0.4 is 4.65 Å². The Kier molecular flexibility index (Phi) is 4.09. The number of carbonyl (C=O) groups excluding carboxylic acids is 2. The molecule has 3 rings (SSSR count). The fraction of sp³-hybridized carbons (Fsp3) is 0.267. The number of rotatable bonds is 4. The van der Waals surface area contributed by atoms with E-state index >= 15 is 0 Å². The van der Waals surface area contributed by atoms with Crippen molar-refractivity contribution >= 4 is 30.0 Å². The van der Waals surface area contributed by atoms with Crippen LogP contribution in [0.2, 0.25) is 5.82 Å². The second-order valence-corrected chi connectivity index (χ2v) is 6.20. The zero-order valence-electron chi connectivity index (χ0n) is 12.0. The molecule has 1 aromatic carbocycles. The number of fused-ring (bicyclic) bond motifs is 1. The third-order valence-corrected chi connectivity index (χ3v) is 4.57. The molecule has 1 aromatic heterocycles. The van der Waals surface area contributed by atoms with E-state index in [0.29, 0.717) is 22.6 Å². The fourth-order valence-electron chi connectivity index (χ4n) is 2.63. The minimum atomic E-state index is -1.09. The van der Waals surface area contributed by atoms with Crippen LogP contribution in [0.4, 0.5) is 0 Å². The van der Waals surface area contributed by atoms with Crippen LogP contribution in [0.3, 0.4) is 0 Å². The molecule has 22 heavy (non-hydrogen) atoms. The lowest BCUT2D eigenvalue weighted by Gasteiger charge is -2.28. The highest BCUT2D eigenvalue weighted by Crippen LogP contribution is 2.36. The van der Waals surface area contributed by atoms with Crippen molar-refractivity contribution in [1.29, 1.82) is 0 Å². The van der Waals surface area contributed by atoms with Crippen LogP contribution in [0.25, 0.3) is 0 Å². The van der Waals surface area contributed by atoms with Crippen LogP contribution in [0.5, 0.6) is 5.75 Å². The van der Waals surface area contributed by atoms with Gasteiger partial charge in [-0.15, -0.1) is 11.3 Å². The Morgan fingerprint density at radius 3 is 3.00 bits per heavy atom. The first-order chi connectivity index (χ1) is 10.6. The third-order valence-electron chi connectivity index (χ3n) is 3.75. The van der Waals surface area contributed by atoms with Gasteiger partial charge in [0.15, 0.2) is 11.6 Å². The molecule has 0 saturated carbocycles. The van der Waals surface area contributed by atoms with Crippen LogP contribution in [0.15, 0.2) is 29.9 Å². The molecular weight excluding hydrogens is 301 g/mol. The van der Waals surface area contributed by atoms with Crippen molar-refractivity contribution < 1.29 is 19.3 Å². The molecule has 1 aliphatic heterocycles. The zero-order chi connectivity index (χ0) is 15.7.